The number of nitrogens with zero attached hydrogens (tertiary/aromatic N) is 1. The number of dihydropyridines is 1. The number of allylic oxidation sites excluding steroid dienone is 3. The molecule has 1 aliphatic heterocycles. The Balaban J connectivity index is 1.89. The minimum Gasteiger partial charge on any atom is -0.353 e. The molecule has 0 amide bonds. The van der Waals surface area contributed by atoms with Gasteiger partial charge in [0.25, 0.3) is 0 Å². The first kappa shape index (κ1) is 21.5. The molecule has 2 aliphatic carbocycles. The highest BCUT2D eigenvalue weighted by Gasteiger charge is 2.47. The van der Waals surface area contributed by atoms with E-state index in [-0.39, 0.29) is 5.41 Å². The highest BCUT2D eigenvalue weighted by atomic mass is 32.1. The molecular weight excluding hydrogens is 384 g/mol. The van der Waals surface area contributed by atoms with Gasteiger partial charge in [0.2, 0.25) is 0 Å². The van der Waals surface area contributed by atoms with Crippen LogP contribution >= 0.6 is 12.6 Å². The van der Waals surface area contributed by atoms with Gasteiger partial charge in [-0.2, -0.15) is 12.6 Å². The van der Waals surface area contributed by atoms with Crippen molar-refractivity contribution in [3.05, 3.63) is 69.7 Å². The lowest BCUT2D eigenvalue weighted by atomic mass is 9.78. The van der Waals surface area contributed by atoms with E-state index in [4.69, 9.17) is 4.98 Å². The van der Waals surface area contributed by atoms with Crippen LogP contribution in [0, 0.1) is 11.3 Å². The monoisotopic (exact) mass is 420 g/mol. The SMILES string of the molecule is C=C(C)C1=C2CC(C)(C)C3CCc4cc(CCCCS)c(CC)nc4C(=C23)NC1=C. The van der Waals surface area contributed by atoms with Gasteiger partial charge in [0.1, 0.15) is 0 Å². The fourth-order valence-electron chi connectivity index (χ4n) is 5.82. The molecule has 160 valence electrons. The van der Waals surface area contributed by atoms with Gasteiger partial charge in [0, 0.05) is 17.0 Å². The molecule has 1 aromatic rings. The second kappa shape index (κ2) is 8.07. The number of unbranched alkanes of at least 4 members (excludes halogenated alkanes) is 1. The number of hydrogen-bond donors (Lipinski definition) is 2. The summed E-state index contributed by atoms with van der Waals surface area (Å²) >= 11 is 4.38. The molecule has 2 heterocycles. The van der Waals surface area contributed by atoms with E-state index < -0.39 is 0 Å². The maximum atomic E-state index is 5.28. The second-order valence-corrected chi connectivity index (χ2v) is 10.4. The number of aryl methyl sites for hydroxylation is 3. The summed E-state index contributed by atoms with van der Waals surface area (Å²) in [6.45, 7) is 17.8. The molecule has 0 bridgehead atoms. The molecule has 1 unspecified atom stereocenters. The zero-order valence-corrected chi connectivity index (χ0v) is 20.0. The van der Waals surface area contributed by atoms with Gasteiger partial charge in [-0.25, -0.2) is 0 Å². The molecule has 3 aliphatic rings. The van der Waals surface area contributed by atoms with Crippen LogP contribution in [0.4, 0.5) is 0 Å². The molecule has 3 heteroatoms. The maximum absolute atomic E-state index is 5.28. The van der Waals surface area contributed by atoms with Crippen molar-refractivity contribution >= 4 is 18.3 Å². The smallest absolute Gasteiger partial charge is 0.0902 e. The average Bonchev–Trinajstić information content (AvgIpc) is 2.84. The Morgan fingerprint density at radius 2 is 2.10 bits per heavy atom. The Morgan fingerprint density at radius 1 is 1.33 bits per heavy atom. The third kappa shape index (κ3) is 3.49. The Morgan fingerprint density at radius 3 is 2.77 bits per heavy atom. The summed E-state index contributed by atoms with van der Waals surface area (Å²) in [5.74, 6) is 1.50. The minimum absolute atomic E-state index is 0.244. The highest BCUT2D eigenvalue weighted by Crippen LogP contribution is 2.57. The molecule has 0 aromatic carbocycles. The molecule has 1 fully saturated rings. The van der Waals surface area contributed by atoms with E-state index in [0.717, 1.165) is 49.1 Å². The lowest BCUT2D eigenvalue weighted by molar-refractivity contribution is 0.273. The van der Waals surface area contributed by atoms with Crippen molar-refractivity contribution in [3.63, 3.8) is 0 Å². The predicted molar refractivity (Wildman–Crippen MR) is 132 cm³/mol. The van der Waals surface area contributed by atoms with Crippen LogP contribution < -0.4 is 5.32 Å². The summed E-state index contributed by atoms with van der Waals surface area (Å²) in [5.41, 5.74) is 13.0. The minimum atomic E-state index is 0.244. The van der Waals surface area contributed by atoms with Gasteiger partial charge >= 0.3 is 0 Å². The first-order valence-corrected chi connectivity index (χ1v) is 12.1. The summed E-state index contributed by atoms with van der Waals surface area (Å²) in [6, 6.07) is 2.46. The van der Waals surface area contributed by atoms with Crippen molar-refractivity contribution in [1.82, 2.24) is 10.3 Å². The van der Waals surface area contributed by atoms with Crippen LogP contribution in [0.1, 0.15) is 75.9 Å². The summed E-state index contributed by atoms with van der Waals surface area (Å²) in [5, 5.41) is 3.70. The third-order valence-electron chi connectivity index (χ3n) is 7.22. The van der Waals surface area contributed by atoms with Crippen LogP contribution in [0.5, 0.6) is 0 Å². The number of aromatic nitrogens is 1. The van der Waals surface area contributed by atoms with Gasteiger partial charge in [-0.1, -0.05) is 40.0 Å². The van der Waals surface area contributed by atoms with Crippen LogP contribution in [-0.2, 0) is 19.3 Å². The topological polar surface area (TPSA) is 24.9 Å². The Labute approximate surface area is 188 Å². The fraction of sp³-hybridized carbons (Fsp3) is 0.519. The van der Waals surface area contributed by atoms with Gasteiger partial charge < -0.3 is 5.32 Å². The first-order valence-electron chi connectivity index (χ1n) is 11.5. The van der Waals surface area contributed by atoms with Crippen molar-refractivity contribution in [2.45, 2.75) is 72.6 Å². The van der Waals surface area contributed by atoms with Gasteiger partial charge in [0.05, 0.1) is 11.4 Å². The normalized spacial score (nSPS) is 21.9. The van der Waals surface area contributed by atoms with E-state index >= 15 is 0 Å². The van der Waals surface area contributed by atoms with E-state index in [1.54, 1.807) is 0 Å². The highest BCUT2D eigenvalue weighted by molar-refractivity contribution is 7.80. The molecule has 1 N–H and O–H groups in total. The molecule has 0 spiro atoms. The predicted octanol–water partition coefficient (Wildman–Crippen LogP) is 6.59. The van der Waals surface area contributed by atoms with Crippen LogP contribution in [0.25, 0.3) is 5.70 Å². The summed E-state index contributed by atoms with van der Waals surface area (Å²) in [4.78, 5) is 5.28. The molecule has 1 aromatic heterocycles. The lowest BCUT2D eigenvalue weighted by Crippen LogP contribution is -2.24. The Bertz CT molecular complexity index is 977. The van der Waals surface area contributed by atoms with E-state index in [1.807, 2.05) is 0 Å². The molecule has 0 saturated heterocycles. The first-order chi connectivity index (χ1) is 14.3. The van der Waals surface area contributed by atoms with Crippen molar-refractivity contribution in [3.8, 4) is 0 Å². The van der Waals surface area contributed by atoms with E-state index in [0.29, 0.717) is 5.92 Å². The number of pyridine rings is 1. The van der Waals surface area contributed by atoms with Crippen molar-refractivity contribution in [2.75, 3.05) is 5.75 Å². The summed E-state index contributed by atoms with van der Waals surface area (Å²) in [6.07, 6.45) is 7.80. The quantitative estimate of drug-likeness (QED) is 0.401. The number of thiol groups is 1. The zero-order chi connectivity index (χ0) is 21.6. The Kier molecular flexibility index (Phi) is 5.78. The molecule has 2 nitrogen and oxygen atoms in total. The van der Waals surface area contributed by atoms with Crippen LogP contribution in [0.3, 0.4) is 0 Å². The number of hydrogen-bond acceptors (Lipinski definition) is 3. The van der Waals surface area contributed by atoms with Crippen molar-refractivity contribution < 1.29 is 0 Å². The van der Waals surface area contributed by atoms with E-state index in [2.05, 4.69) is 64.9 Å². The van der Waals surface area contributed by atoms with Crippen LogP contribution in [0.2, 0.25) is 0 Å². The van der Waals surface area contributed by atoms with Gasteiger partial charge in [-0.05, 0) is 96.8 Å². The number of nitrogens with one attached hydrogen (secondary N) is 1. The molecular formula is C27H36N2S. The molecule has 1 saturated carbocycles. The molecule has 30 heavy (non-hydrogen) atoms. The largest absolute Gasteiger partial charge is 0.353 e. The van der Waals surface area contributed by atoms with Crippen LogP contribution in [-0.4, -0.2) is 10.7 Å². The number of rotatable bonds is 6. The standard InChI is InChI=1S/C27H36N2S/c1-7-22-18(10-8-9-13-30)14-19-11-12-21-24-20(15-27(21,5)6)23(16(2)3)17(4)28-26(24)25(19)29-22/h14,21,28,30H,2,4,7-13,15H2,1,3,5-6H3. The average molecular weight is 421 g/mol. The Hall–Kier alpha value is -1.74. The van der Waals surface area contributed by atoms with Crippen LogP contribution in [0.15, 0.2) is 47.2 Å². The second-order valence-electron chi connectivity index (χ2n) is 9.92. The molecule has 1 atom stereocenters. The molecule has 4 rings (SSSR count). The van der Waals surface area contributed by atoms with Gasteiger partial charge in [-0.15, -0.1) is 0 Å². The number of fused-ring (bicyclic) bond motifs is 2. The lowest BCUT2D eigenvalue weighted by Gasteiger charge is -2.29. The zero-order valence-electron chi connectivity index (χ0n) is 19.1. The molecule has 0 radical (unpaired) electrons. The summed E-state index contributed by atoms with van der Waals surface area (Å²) in [7, 11) is 0. The fourth-order valence-corrected chi connectivity index (χ4v) is 6.04. The van der Waals surface area contributed by atoms with Gasteiger partial charge in [0.15, 0.2) is 0 Å². The third-order valence-corrected chi connectivity index (χ3v) is 7.54. The van der Waals surface area contributed by atoms with Crippen molar-refractivity contribution in [2.24, 2.45) is 11.3 Å². The summed E-state index contributed by atoms with van der Waals surface area (Å²) < 4.78 is 0. The maximum Gasteiger partial charge on any atom is 0.0902 e. The van der Waals surface area contributed by atoms with E-state index in [1.165, 1.54) is 57.8 Å². The van der Waals surface area contributed by atoms with Crippen molar-refractivity contribution in [1.29, 1.82) is 0 Å². The van der Waals surface area contributed by atoms with E-state index in [9.17, 15) is 0 Å². The van der Waals surface area contributed by atoms with Gasteiger partial charge in [-0.3, -0.25) is 4.98 Å².